The van der Waals surface area contributed by atoms with Crippen LogP contribution in [0.25, 0.3) is 0 Å². The van der Waals surface area contributed by atoms with E-state index in [9.17, 15) is 14.7 Å². The van der Waals surface area contributed by atoms with Gasteiger partial charge in [-0.3, -0.25) is 4.99 Å². The van der Waals surface area contributed by atoms with Crippen LogP contribution in [0.2, 0.25) is 0 Å². The number of hydrogen-bond donors (Lipinski definition) is 1. The molecular weight excluding hydrogens is 294 g/mol. The van der Waals surface area contributed by atoms with Crippen LogP contribution in [0, 0.1) is 5.92 Å². The van der Waals surface area contributed by atoms with Gasteiger partial charge in [0, 0.05) is 13.1 Å². The highest BCUT2D eigenvalue weighted by Gasteiger charge is 2.19. The molecular formula is C18H29NO4. The van der Waals surface area contributed by atoms with E-state index in [1.165, 1.54) is 13.1 Å². The average molecular weight is 323 g/mol. The first kappa shape index (κ1) is 21.1. The molecule has 1 atom stereocenters. The van der Waals surface area contributed by atoms with E-state index < -0.39 is 17.5 Å². The van der Waals surface area contributed by atoms with Crippen molar-refractivity contribution in [2.24, 2.45) is 10.9 Å². The lowest BCUT2D eigenvalue weighted by molar-refractivity contribution is -0.148. The lowest BCUT2D eigenvalue weighted by Gasteiger charge is -2.19. The Morgan fingerprint density at radius 2 is 1.83 bits per heavy atom. The normalized spacial score (nSPS) is 15.3. The van der Waals surface area contributed by atoms with Crippen LogP contribution in [0.1, 0.15) is 54.4 Å². The van der Waals surface area contributed by atoms with Crippen molar-refractivity contribution in [3.05, 3.63) is 23.3 Å². The van der Waals surface area contributed by atoms with Crippen molar-refractivity contribution in [1.29, 1.82) is 0 Å². The fraction of sp³-hybridized carbons (Fsp3) is 0.611. The van der Waals surface area contributed by atoms with Gasteiger partial charge in [0.2, 0.25) is 0 Å². The van der Waals surface area contributed by atoms with Crippen LogP contribution < -0.4 is 0 Å². The molecule has 5 nitrogen and oxygen atoms in total. The highest BCUT2D eigenvalue weighted by atomic mass is 16.6. The van der Waals surface area contributed by atoms with Crippen molar-refractivity contribution in [3.63, 3.8) is 0 Å². The maximum absolute atomic E-state index is 11.8. The molecule has 0 saturated heterocycles. The molecule has 0 aliphatic heterocycles. The molecule has 0 amide bonds. The maximum atomic E-state index is 11.8. The van der Waals surface area contributed by atoms with Crippen LogP contribution in [-0.4, -0.2) is 35.4 Å². The second-order valence-electron chi connectivity index (χ2n) is 6.30. The third-order valence-corrected chi connectivity index (χ3v) is 3.41. The van der Waals surface area contributed by atoms with Gasteiger partial charge < -0.3 is 9.84 Å². The van der Waals surface area contributed by atoms with Gasteiger partial charge in [0.25, 0.3) is 0 Å². The predicted molar refractivity (Wildman–Crippen MR) is 92.8 cm³/mol. The summed E-state index contributed by atoms with van der Waals surface area (Å²) in [7, 11) is 1.48. The Bertz CT molecular complexity index is 522. The Hall–Kier alpha value is -1.91. The predicted octanol–water partition coefficient (Wildman–Crippen LogP) is 3.79. The first-order valence-corrected chi connectivity index (χ1v) is 7.88. The van der Waals surface area contributed by atoms with Crippen molar-refractivity contribution in [2.75, 3.05) is 7.05 Å². The number of aliphatic imine (C=N–C) groups is 1. The number of aliphatic carboxylic acids is 1. The van der Waals surface area contributed by atoms with Gasteiger partial charge in [0.05, 0.1) is 0 Å². The van der Waals surface area contributed by atoms with Gasteiger partial charge in [-0.2, -0.15) is 0 Å². The van der Waals surface area contributed by atoms with Crippen molar-refractivity contribution >= 4 is 17.7 Å². The molecule has 0 aromatic heterocycles. The summed E-state index contributed by atoms with van der Waals surface area (Å²) in [5.41, 5.74) is 1.17. The molecule has 0 spiro atoms. The third kappa shape index (κ3) is 7.26. The summed E-state index contributed by atoms with van der Waals surface area (Å²) in [6.07, 6.45) is 4.51. The quantitative estimate of drug-likeness (QED) is 0.439. The molecule has 0 radical (unpaired) electrons. The standard InChI is InChI=1S/C18H29NO4/c1-8-13(10-11-15(20)23-18(4,5)6)12(3)14(9-2)16(19-7)17(21)22/h10-11,13H,8-9H2,1-7H3,(H,21,22)/b11-10+,14-12+,19-16+. The van der Waals surface area contributed by atoms with Gasteiger partial charge in [-0.1, -0.05) is 25.5 Å². The molecule has 0 aromatic rings. The van der Waals surface area contributed by atoms with Gasteiger partial charge in [0.15, 0.2) is 0 Å². The molecule has 1 unspecified atom stereocenters. The minimum absolute atomic E-state index is 0.0337. The van der Waals surface area contributed by atoms with E-state index in [2.05, 4.69) is 4.99 Å². The van der Waals surface area contributed by atoms with Crippen molar-refractivity contribution < 1.29 is 19.4 Å². The lowest BCUT2D eigenvalue weighted by atomic mass is 9.89. The number of esters is 1. The molecule has 23 heavy (non-hydrogen) atoms. The molecule has 5 heteroatoms. The molecule has 0 aliphatic rings. The second-order valence-corrected chi connectivity index (χ2v) is 6.30. The van der Waals surface area contributed by atoms with E-state index in [0.29, 0.717) is 12.0 Å². The van der Waals surface area contributed by atoms with Crippen LogP contribution in [0.3, 0.4) is 0 Å². The van der Waals surface area contributed by atoms with E-state index in [1.807, 2.05) is 41.5 Å². The van der Waals surface area contributed by atoms with Gasteiger partial charge in [-0.15, -0.1) is 0 Å². The smallest absolute Gasteiger partial charge is 0.354 e. The van der Waals surface area contributed by atoms with Crippen molar-refractivity contribution in [3.8, 4) is 0 Å². The largest absolute Gasteiger partial charge is 0.477 e. The Morgan fingerprint density at radius 3 is 2.17 bits per heavy atom. The lowest BCUT2D eigenvalue weighted by Crippen LogP contribution is -2.22. The molecule has 0 saturated carbocycles. The number of carboxylic acids is 1. The first-order chi connectivity index (χ1) is 10.6. The van der Waals surface area contributed by atoms with Crippen LogP contribution in [-0.2, 0) is 14.3 Å². The number of ether oxygens (including phenoxy) is 1. The number of rotatable bonds is 7. The summed E-state index contributed by atoms with van der Waals surface area (Å²) in [5.74, 6) is -1.47. The van der Waals surface area contributed by atoms with E-state index in [4.69, 9.17) is 4.74 Å². The van der Waals surface area contributed by atoms with Crippen LogP contribution >= 0.6 is 0 Å². The Kier molecular flexibility index (Phi) is 8.51. The van der Waals surface area contributed by atoms with E-state index >= 15 is 0 Å². The number of allylic oxidation sites excluding steroid dienone is 2. The highest BCUT2D eigenvalue weighted by molar-refractivity contribution is 6.42. The number of carbonyl (C=O) groups excluding carboxylic acids is 1. The average Bonchev–Trinajstić information content (AvgIpc) is 2.42. The number of carboxylic acid groups (broad SMARTS) is 1. The number of hydrogen-bond acceptors (Lipinski definition) is 4. The van der Waals surface area contributed by atoms with E-state index in [-0.39, 0.29) is 11.6 Å². The Morgan fingerprint density at radius 1 is 1.26 bits per heavy atom. The van der Waals surface area contributed by atoms with Gasteiger partial charge >= 0.3 is 11.9 Å². The molecule has 0 rings (SSSR count). The summed E-state index contributed by atoms with van der Waals surface area (Å²) in [5, 5.41) is 9.27. The fourth-order valence-electron chi connectivity index (χ4n) is 2.33. The fourth-order valence-corrected chi connectivity index (χ4v) is 2.33. The Labute approximate surface area is 139 Å². The molecule has 1 N–H and O–H groups in total. The maximum Gasteiger partial charge on any atom is 0.354 e. The summed E-state index contributed by atoms with van der Waals surface area (Å²) in [6, 6.07) is 0. The molecule has 0 fully saturated rings. The minimum Gasteiger partial charge on any atom is -0.477 e. The second kappa shape index (κ2) is 9.28. The van der Waals surface area contributed by atoms with Gasteiger partial charge in [0.1, 0.15) is 11.3 Å². The molecule has 0 heterocycles. The monoisotopic (exact) mass is 323 g/mol. The molecule has 130 valence electrons. The first-order valence-electron chi connectivity index (χ1n) is 7.88. The zero-order valence-corrected chi connectivity index (χ0v) is 15.3. The van der Waals surface area contributed by atoms with Crippen LogP contribution in [0.15, 0.2) is 28.3 Å². The summed E-state index contributed by atoms with van der Waals surface area (Å²) in [4.78, 5) is 27.0. The molecule has 0 aromatic carbocycles. The van der Waals surface area contributed by atoms with E-state index in [0.717, 1.165) is 12.0 Å². The van der Waals surface area contributed by atoms with Crippen molar-refractivity contribution in [2.45, 2.75) is 60.0 Å². The van der Waals surface area contributed by atoms with E-state index in [1.54, 1.807) is 6.08 Å². The summed E-state index contributed by atoms with van der Waals surface area (Å²) < 4.78 is 5.25. The Balaban J connectivity index is 5.46. The van der Waals surface area contributed by atoms with Gasteiger partial charge in [-0.05, 0) is 52.0 Å². The molecule has 0 bridgehead atoms. The topological polar surface area (TPSA) is 76.0 Å². The number of nitrogens with zero attached hydrogens (tertiary/aromatic N) is 1. The highest BCUT2D eigenvalue weighted by Crippen LogP contribution is 2.23. The van der Waals surface area contributed by atoms with Crippen molar-refractivity contribution in [1.82, 2.24) is 0 Å². The summed E-state index contributed by atoms with van der Waals surface area (Å²) >= 11 is 0. The zero-order valence-electron chi connectivity index (χ0n) is 15.3. The minimum atomic E-state index is -1.03. The van der Waals surface area contributed by atoms with Crippen LogP contribution in [0.4, 0.5) is 0 Å². The van der Waals surface area contributed by atoms with Gasteiger partial charge in [-0.25, -0.2) is 9.59 Å². The third-order valence-electron chi connectivity index (χ3n) is 3.41. The number of carbonyl (C=O) groups is 2. The zero-order chi connectivity index (χ0) is 18.2. The SMILES string of the molecule is CCC(/C(=N\C)C(=O)O)=C(/C)C(/C=C/C(=O)OC(C)(C)C)CC. The molecule has 0 aliphatic carbocycles. The summed E-state index contributed by atoms with van der Waals surface area (Å²) in [6.45, 7) is 11.2. The van der Waals surface area contributed by atoms with Crippen LogP contribution in [0.5, 0.6) is 0 Å².